The van der Waals surface area contributed by atoms with Crippen LogP contribution in [0.1, 0.15) is 46.0 Å². The first kappa shape index (κ1) is 16.9. The highest BCUT2D eigenvalue weighted by Gasteiger charge is 2.05. The summed E-state index contributed by atoms with van der Waals surface area (Å²) in [6.45, 7) is 5.02. The lowest BCUT2D eigenvalue weighted by molar-refractivity contribution is -0.152. The Bertz CT molecular complexity index is 203. The van der Waals surface area contributed by atoms with E-state index in [1.54, 1.807) is 0 Å². The summed E-state index contributed by atoms with van der Waals surface area (Å²) in [5.41, 5.74) is 0. The smallest absolute Gasteiger partial charge is 0.332 e. The van der Waals surface area contributed by atoms with Crippen LogP contribution in [0.2, 0.25) is 0 Å². The number of rotatable bonds is 11. The number of ether oxygens (including phenoxy) is 3. The number of unbranched alkanes of at least 4 members (excludes halogenated alkanes) is 2. The average Bonchev–Trinajstić information content (AvgIpc) is 2.35. The van der Waals surface area contributed by atoms with E-state index < -0.39 is 0 Å². The van der Waals surface area contributed by atoms with Crippen LogP contribution in [0.15, 0.2) is 0 Å². The molecule has 0 amide bonds. The number of esters is 2. The van der Waals surface area contributed by atoms with E-state index in [0.29, 0.717) is 13.2 Å². The normalized spacial score (nSPS) is 10.1. The molecule has 0 aromatic carbocycles. The van der Waals surface area contributed by atoms with Gasteiger partial charge < -0.3 is 14.2 Å². The van der Waals surface area contributed by atoms with Crippen molar-refractivity contribution in [2.24, 2.45) is 0 Å². The third-order valence-corrected chi connectivity index (χ3v) is 2.19. The second-order valence-corrected chi connectivity index (χ2v) is 3.95. The van der Waals surface area contributed by atoms with Gasteiger partial charge in [0.05, 0.1) is 26.2 Å². The molecule has 5 nitrogen and oxygen atoms in total. The molecule has 106 valence electrons. The zero-order chi connectivity index (χ0) is 13.6. The van der Waals surface area contributed by atoms with Crippen molar-refractivity contribution in [3.63, 3.8) is 0 Å². The minimum Gasteiger partial charge on any atom is -0.466 e. The summed E-state index contributed by atoms with van der Waals surface area (Å²) in [5, 5.41) is 0. The Labute approximate surface area is 109 Å². The fraction of sp³-hybridized carbons (Fsp3) is 0.846. The van der Waals surface area contributed by atoms with Crippen LogP contribution >= 0.6 is 0 Å². The van der Waals surface area contributed by atoms with Crippen LogP contribution in [0, 0.1) is 0 Å². The molecule has 0 aliphatic rings. The second-order valence-electron chi connectivity index (χ2n) is 3.95. The quantitative estimate of drug-likeness (QED) is 0.420. The summed E-state index contributed by atoms with van der Waals surface area (Å²) in [4.78, 5) is 22.3. The number of hydrogen-bond donors (Lipinski definition) is 0. The van der Waals surface area contributed by atoms with E-state index in [2.05, 4.69) is 0 Å². The number of carbonyl (C=O) groups is 2. The fourth-order valence-electron chi connectivity index (χ4n) is 1.09. The number of hydrogen-bond acceptors (Lipinski definition) is 5. The summed E-state index contributed by atoms with van der Waals surface area (Å²) >= 11 is 0. The molecular formula is C13H24O5. The first-order valence-electron chi connectivity index (χ1n) is 6.59. The SMILES string of the molecule is CCCCOC(=O)CCOCC(=O)OCCCC. The summed E-state index contributed by atoms with van der Waals surface area (Å²) in [6, 6.07) is 0. The van der Waals surface area contributed by atoms with Crippen molar-refractivity contribution >= 4 is 11.9 Å². The van der Waals surface area contributed by atoms with Gasteiger partial charge in [0.2, 0.25) is 0 Å². The van der Waals surface area contributed by atoms with Crippen molar-refractivity contribution in [2.75, 3.05) is 26.4 Å². The molecule has 0 radical (unpaired) electrons. The maximum atomic E-state index is 11.2. The van der Waals surface area contributed by atoms with Crippen LogP contribution in [0.5, 0.6) is 0 Å². The highest BCUT2D eigenvalue weighted by Crippen LogP contribution is 1.94. The van der Waals surface area contributed by atoms with Crippen LogP contribution < -0.4 is 0 Å². The molecular weight excluding hydrogens is 236 g/mol. The predicted molar refractivity (Wildman–Crippen MR) is 67.2 cm³/mol. The van der Waals surface area contributed by atoms with E-state index in [1.807, 2.05) is 13.8 Å². The Balaban J connectivity index is 3.32. The van der Waals surface area contributed by atoms with Gasteiger partial charge in [0, 0.05) is 0 Å². The summed E-state index contributed by atoms with van der Waals surface area (Å²) in [7, 11) is 0. The maximum Gasteiger partial charge on any atom is 0.332 e. The van der Waals surface area contributed by atoms with Crippen molar-refractivity contribution in [1.82, 2.24) is 0 Å². The van der Waals surface area contributed by atoms with Crippen molar-refractivity contribution in [3.05, 3.63) is 0 Å². The minimum atomic E-state index is -0.386. The first-order valence-corrected chi connectivity index (χ1v) is 6.59. The molecule has 0 aliphatic heterocycles. The van der Waals surface area contributed by atoms with Crippen LogP contribution in [-0.2, 0) is 23.8 Å². The van der Waals surface area contributed by atoms with Gasteiger partial charge in [-0.2, -0.15) is 0 Å². The molecule has 0 aliphatic carbocycles. The minimum absolute atomic E-state index is 0.105. The predicted octanol–water partition coefficient (Wildman–Crippen LogP) is 2.08. The average molecular weight is 260 g/mol. The van der Waals surface area contributed by atoms with Gasteiger partial charge in [0.15, 0.2) is 0 Å². The van der Waals surface area contributed by atoms with Crippen LogP contribution in [0.25, 0.3) is 0 Å². The van der Waals surface area contributed by atoms with Gasteiger partial charge in [-0.05, 0) is 12.8 Å². The fourth-order valence-corrected chi connectivity index (χ4v) is 1.09. The molecule has 0 aromatic rings. The van der Waals surface area contributed by atoms with Crippen molar-refractivity contribution in [2.45, 2.75) is 46.0 Å². The lowest BCUT2D eigenvalue weighted by Crippen LogP contribution is -2.16. The summed E-state index contributed by atoms with van der Waals surface area (Å²) < 4.78 is 14.9. The largest absolute Gasteiger partial charge is 0.466 e. The van der Waals surface area contributed by atoms with Crippen LogP contribution in [-0.4, -0.2) is 38.4 Å². The Kier molecular flexibility index (Phi) is 11.6. The van der Waals surface area contributed by atoms with Gasteiger partial charge >= 0.3 is 11.9 Å². The van der Waals surface area contributed by atoms with Gasteiger partial charge in [-0.3, -0.25) is 4.79 Å². The van der Waals surface area contributed by atoms with Crippen molar-refractivity contribution < 1.29 is 23.8 Å². The second kappa shape index (κ2) is 12.4. The third kappa shape index (κ3) is 11.4. The summed E-state index contributed by atoms with van der Waals surface area (Å²) in [5.74, 6) is -0.675. The lowest BCUT2D eigenvalue weighted by Gasteiger charge is -2.06. The zero-order valence-electron chi connectivity index (χ0n) is 11.4. The van der Waals surface area contributed by atoms with E-state index in [-0.39, 0.29) is 31.6 Å². The molecule has 0 rings (SSSR count). The van der Waals surface area contributed by atoms with E-state index >= 15 is 0 Å². The molecule has 0 bridgehead atoms. The Morgan fingerprint density at radius 1 is 0.833 bits per heavy atom. The highest BCUT2D eigenvalue weighted by molar-refractivity contribution is 5.71. The van der Waals surface area contributed by atoms with Gasteiger partial charge in [-0.25, -0.2) is 4.79 Å². The molecule has 0 N–H and O–H groups in total. The molecule has 0 fully saturated rings. The van der Waals surface area contributed by atoms with E-state index in [9.17, 15) is 9.59 Å². The van der Waals surface area contributed by atoms with Crippen LogP contribution in [0.3, 0.4) is 0 Å². The molecule has 0 aromatic heterocycles. The van der Waals surface area contributed by atoms with Gasteiger partial charge in [-0.1, -0.05) is 26.7 Å². The first-order chi connectivity index (χ1) is 8.70. The molecule has 18 heavy (non-hydrogen) atoms. The van der Waals surface area contributed by atoms with E-state index in [4.69, 9.17) is 14.2 Å². The molecule has 0 atom stereocenters. The molecule has 0 heterocycles. The van der Waals surface area contributed by atoms with Crippen LogP contribution in [0.4, 0.5) is 0 Å². The summed E-state index contributed by atoms with van der Waals surface area (Å²) in [6.07, 6.45) is 3.88. The Morgan fingerprint density at radius 3 is 1.94 bits per heavy atom. The molecule has 0 spiro atoms. The topological polar surface area (TPSA) is 61.8 Å². The standard InChI is InChI=1S/C13H24O5/c1-3-5-8-17-12(14)7-10-16-11-13(15)18-9-6-4-2/h3-11H2,1-2H3. The molecule has 0 saturated carbocycles. The molecule has 0 unspecified atom stereocenters. The number of carbonyl (C=O) groups excluding carboxylic acids is 2. The lowest BCUT2D eigenvalue weighted by atomic mass is 10.4. The van der Waals surface area contributed by atoms with Crippen molar-refractivity contribution in [1.29, 1.82) is 0 Å². The highest BCUT2D eigenvalue weighted by atomic mass is 16.6. The van der Waals surface area contributed by atoms with E-state index in [0.717, 1.165) is 25.7 Å². The van der Waals surface area contributed by atoms with E-state index in [1.165, 1.54) is 0 Å². The monoisotopic (exact) mass is 260 g/mol. The van der Waals surface area contributed by atoms with Gasteiger partial charge in [0.1, 0.15) is 6.61 Å². The Hall–Kier alpha value is -1.10. The maximum absolute atomic E-state index is 11.2. The zero-order valence-corrected chi connectivity index (χ0v) is 11.4. The third-order valence-electron chi connectivity index (χ3n) is 2.19. The van der Waals surface area contributed by atoms with Gasteiger partial charge in [-0.15, -0.1) is 0 Å². The Morgan fingerprint density at radius 2 is 1.39 bits per heavy atom. The van der Waals surface area contributed by atoms with Crippen molar-refractivity contribution in [3.8, 4) is 0 Å². The molecule has 0 saturated heterocycles. The van der Waals surface area contributed by atoms with Gasteiger partial charge in [0.25, 0.3) is 0 Å². The molecule has 5 heteroatoms.